The normalized spacial score (nSPS) is 16.1. The molecule has 0 heterocycles. The molecule has 102 valence electrons. The van der Waals surface area contributed by atoms with Gasteiger partial charge in [0, 0.05) is 0 Å². The molecule has 18 heavy (non-hydrogen) atoms. The molecule has 9 heteroatoms. The summed E-state index contributed by atoms with van der Waals surface area (Å²) in [4.78, 5) is 0. The maximum absolute atomic E-state index is 12.5. The van der Waals surface area contributed by atoms with Gasteiger partial charge in [0.15, 0.2) is 0 Å². The molecule has 0 amide bonds. The van der Waals surface area contributed by atoms with Gasteiger partial charge in [-0.3, -0.25) is 0 Å². The minimum atomic E-state index is -5.96. The number of benzene rings is 1. The molecule has 1 atom stereocenters. The number of para-hydroxylation sites is 1. The first-order valence-corrected chi connectivity index (χ1v) is 6.50. The van der Waals surface area contributed by atoms with Gasteiger partial charge in [0.25, 0.3) is 0 Å². The lowest BCUT2D eigenvalue weighted by Crippen LogP contribution is -2.38. The molecule has 0 saturated heterocycles. The Labute approximate surface area is 99.0 Å². The standard InChI is InChI=1S/C9H8F5O3P/c1-18(15,16-7-5-3-2-4-6-7)17-9(13,14)8(10,11)12/h2-6H,1H3. The van der Waals surface area contributed by atoms with Crippen LogP contribution in [-0.4, -0.2) is 18.9 Å². The third kappa shape index (κ3) is 3.96. The molecule has 0 aliphatic rings. The third-order valence-electron chi connectivity index (χ3n) is 1.62. The van der Waals surface area contributed by atoms with E-state index in [2.05, 4.69) is 9.05 Å². The molecule has 1 aromatic rings. The van der Waals surface area contributed by atoms with Gasteiger partial charge in [0.05, 0.1) is 6.66 Å². The van der Waals surface area contributed by atoms with Crippen LogP contribution in [0.1, 0.15) is 0 Å². The summed E-state index contributed by atoms with van der Waals surface area (Å²) in [5.74, 6) is -0.138. The Morgan fingerprint density at radius 2 is 1.56 bits per heavy atom. The molecule has 0 fully saturated rings. The highest BCUT2D eigenvalue weighted by molar-refractivity contribution is 7.53. The Kier molecular flexibility index (Phi) is 4.02. The van der Waals surface area contributed by atoms with E-state index in [-0.39, 0.29) is 5.75 Å². The molecule has 0 aliphatic heterocycles. The van der Waals surface area contributed by atoms with Crippen LogP contribution >= 0.6 is 7.60 Å². The molecule has 0 spiro atoms. The molecule has 0 aliphatic carbocycles. The summed E-state index contributed by atoms with van der Waals surface area (Å²) >= 11 is 0. The van der Waals surface area contributed by atoms with Crippen molar-refractivity contribution in [3.63, 3.8) is 0 Å². The summed E-state index contributed by atoms with van der Waals surface area (Å²) in [5, 5.41) is 0. The highest BCUT2D eigenvalue weighted by Crippen LogP contribution is 2.52. The Morgan fingerprint density at radius 3 is 2.00 bits per heavy atom. The Balaban J connectivity index is 2.80. The van der Waals surface area contributed by atoms with Crippen molar-refractivity contribution in [2.75, 3.05) is 6.66 Å². The van der Waals surface area contributed by atoms with Gasteiger partial charge in [-0.15, -0.1) is 0 Å². The lowest BCUT2D eigenvalue weighted by Gasteiger charge is -2.23. The summed E-state index contributed by atoms with van der Waals surface area (Å²) < 4.78 is 79.8. The molecule has 0 radical (unpaired) electrons. The van der Waals surface area contributed by atoms with Gasteiger partial charge in [0.2, 0.25) is 0 Å². The van der Waals surface area contributed by atoms with Gasteiger partial charge in [0.1, 0.15) is 5.75 Å². The van der Waals surface area contributed by atoms with Crippen LogP contribution in [0, 0.1) is 0 Å². The SMILES string of the molecule is CP(=O)(Oc1ccccc1)OC(F)(F)C(F)(F)F. The van der Waals surface area contributed by atoms with Crippen molar-refractivity contribution >= 4 is 7.60 Å². The molecule has 3 nitrogen and oxygen atoms in total. The van der Waals surface area contributed by atoms with E-state index in [1.807, 2.05) is 0 Å². The fourth-order valence-electron chi connectivity index (χ4n) is 0.951. The quantitative estimate of drug-likeness (QED) is 0.619. The average Bonchev–Trinajstić information content (AvgIpc) is 2.14. The first kappa shape index (κ1) is 14.9. The smallest absolute Gasteiger partial charge is 0.424 e. The minimum Gasteiger partial charge on any atom is -0.424 e. The number of hydrogen-bond acceptors (Lipinski definition) is 3. The first-order chi connectivity index (χ1) is 8.04. The van der Waals surface area contributed by atoms with Crippen molar-refractivity contribution in [1.82, 2.24) is 0 Å². The van der Waals surface area contributed by atoms with Crippen LogP contribution in [0.15, 0.2) is 30.3 Å². The zero-order valence-electron chi connectivity index (χ0n) is 8.95. The fraction of sp³-hybridized carbons (Fsp3) is 0.333. The van der Waals surface area contributed by atoms with Crippen molar-refractivity contribution in [1.29, 1.82) is 0 Å². The number of alkyl halides is 5. The van der Waals surface area contributed by atoms with E-state index in [1.165, 1.54) is 24.3 Å². The minimum absolute atomic E-state index is 0.138. The fourth-order valence-corrected chi connectivity index (χ4v) is 2.01. The van der Waals surface area contributed by atoms with E-state index in [4.69, 9.17) is 0 Å². The molecule has 1 rings (SSSR count). The molecule has 0 N–H and O–H groups in total. The van der Waals surface area contributed by atoms with Crippen LogP contribution in [0.5, 0.6) is 5.75 Å². The molecule has 1 aromatic carbocycles. The van der Waals surface area contributed by atoms with Crippen LogP contribution in [0.3, 0.4) is 0 Å². The molecular formula is C9H8F5O3P. The van der Waals surface area contributed by atoms with Crippen molar-refractivity contribution in [3.05, 3.63) is 30.3 Å². The van der Waals surface area contributed by atoms with Crippen LogP contribution < -0.4 is 4.52 Å². The summed E-state index contributed by atoms with van der Waals surface area (Å²) in [6.45, 7) is 0.527. The van der Waals surface area contributed by atoms with Crippen molar-refractivity contribution in [2.45, 2.75) is 12.3 Å². The predicted molar refractivity (Wildman–Crippen MR) is 52.7 cm³/mol. The Bertz CT molecular complexity index is 445. The van der Waals surface area contributed by atoms with Gasteiger partial charge in [-0.2, -0.15) is 22.0 Å². The lowest BCUT2D eigenvalue weighted by molar-refractivity contribution is -0.362. The van der Waals surface area contributed by atoms with Crippen molar-refractivity contribution < 1.29 is 35.6 Å². The topological polar surface area (TPSA) is 35.5 Å². The second-order valence-corrected chi connectivity index (χ2v) is 5.19. The highest BCUT2D eigenvalue weighted by atomic mass is 31.2. The molecular weight excluding hydrogens is 282 g/mol. The van der Waals surface area contributed by atoms with Crippen LogP contribution in [-0.2, 0) is 9.09 Å². The maximum Gasteiger partial charge on any atom is 0.483 e. The second-order valence-electron chi connectivity index (χ2n) is 3.28. The van der Waals surface area contributed by atoms with Gasteiger partial charge < -0.3 is 4.52 Å². The maximum atomic E-state index is 12.5. The summed E-state index contributed by atoms with van der Waals surface area (Å²) in [5.41, 5.74) is 0. The monoisotopic (exact) mass is 290 g/mol. The van der Waals surface area contributed by atoms with Gasteiger partial charge in [-0.1, -0.05) is 18.2 Å². The highest BCUT2D eigenvalue weighted by Gasteiger charge is 2.62. The molecule has 0 saturated carbocycles. The van der Waals surface area contributed by atoms with Crippen molar-refractivity contribution in [3.8, 4) is 5.75 Å². The average molecular weight is 290 g/mol. The van der Waals surface area contributed by atoms with E-state index >= 15 is 0 Å². The number of halogens is 5. The van der Waals surface area contributed by atoms with Gasteiger partial charge in [-0.25, -0.2) is 9.09 Å². The summed E-state index contributed by atoms with van der Waals surface area (Å²) in [6.07, 6.45) is -11.5. The molecule has 1 unspecified atom stereocenters. The van der Waals surface area contributed by atoms with E-state index < -0.39 is 19.9 Å². The first-order valence-electron chi connectivity index (χ1n) is 4.51. The zero-order chi connectivity index (χ0) is 14.0. The van der Waals surface area contributed by atoms with Crippen LogP contribution in [0.4, 0.5) is 22.0 Å². The zero-order valence-corrected chi connectivity index (χ0v) is 9.84. The van der Waals surface area contributed by atoms with Crippen LogP contribution in [0.25, 0.3) is 0 Å². The van der Waals surface area contributed by atoms with E-state index in [1.54, 1.807) is 6.07 Å². The Morgan fingerprint density at radius 1 is 1.06 bits per heavy atom. The summed E-state index contributed by atoms with van der Waals surface area (Å²) in [7, 11) is -4.60. The third-order valence-corrected chi connectivity index (χ3v) is 2.73. The van der Waals surface area contributed by atoms with E-state index in [0.717, 1.165) is 0 Å². The number of hydrogen-bond donors (Lipinski definition) is 0. The van der Waals surface area contributed by atoms with Crippen LogP contribution in [0.2, 0.25) is 0 Å². The van der Waals surface area contributed by atoms with E-state index in [0.29, 0.717) is 6.66 Å². The Hall–Kier alpha value is -1.14. The largest absolute Gasteiger partial charge is 0.483 e. The van der Waals surface area contributed by atoms with Gasteiger partial charge >= 0.3 is 19.9 Å². The molecule has 0 aromatic heterocycles. The molecule has 0 bridgehead atoms. The number of rotatable bonds is 4. The second kappa shape index (κ2) is 4.85. The lowest BCUT2D eigenvalue weighted by atomic mass is 10.3. The predicted octanol–water partition coefficient (Wildman–Crippen LogP) is 4.06. The van der Waals surface area contributed by atoms with Crippen molar-refractivity contribution in [2.24, 2.45) is 0 Å². The van der Waals surface area contributed by atoms with Gasteiger partial charge in [-0.05, 0) is 12.1 Å². The van der Waals surface area contributed by atoms with E-state index in [9.17, 15) is 26.5 Å². The summed E-state index contributed by atoms with van der Waals surface area (Å²) in [6, 6.07) is 6.89.